The van der Waals surface area contributed by atoms with Crippen LogP contribution >= 0.6 is 0 Å². The highest BCUT2D eigenvalue weighted by atomic mass is 16.6. The highest BCUT2D eigenvalue weighted by Crippen LogP contribution is 2.48. The maximum Gasteiger partial charge on any atom is 0.410 e. The van der Waals surface area contributed by atoms with Gasteiger partial charge in [-0.25, -0.2) is 9.78 Å². The Bertz CT molecular complexity index is 1440. The second-order valence-corrected chi connectivity index (χ2v) is 15.0. The lowest BCUT2D eigenvalue weighted by Crippen LogP contribution is -2.57. The Morgan fingerprint density at radius 3 is 2.49 bits per heavy atom. The van der Waals surface area contributed by atoms with Crippen molar-refractivity contribution in [3.8, 4) is 17.4 Å². The van der Waals surface area contributed by atoms with Gasteiger partial charge in [-0.15, -0.1) is 0 Å². The van der Waals surface area contributed by atoms with Crippen LogP contribution in [0.2, 0.25) is 0 Å². The SMILES string of the molecule is C[C@H](Oc1cc(N2CC3CCC(C2)N3C(=O)OC(C)(C)C)nc(-c2noc3c2CCC[C@@]32CCCCC2=O)n1)[C@@H]1CCCN1C. The summed E-state index contributed by atoms with van der Waals surface area (Å²) >= 11 is 0. The predicted molar refractivity (Wildman–Crippen MR) is 168 cm³/mol. The number of hydrogen-bond acceptors (Lipinski definition) is 10. The molecular formula is C34H48N6O5. The van der Waals surface area contributed by atoms with Gasteiger partial charge in [0.15, 0.2) is 17.3 Å². The largest absolute Gasteiger partial charge is 0.473 e. The smallest absolute Gasteiger partial charge is 0.410 e. The van der Waals surface area contributed by atoms with Crippen LogP contribution in [0.1, 0.15) is 103 Å². The number of amides is 1. The minimum absolute atomic E-state index is 0.0458. The lowest BCUT2D eigenvalue weighted by atomic mass is 9.64. The topological polar surface area (TPSA) is 114 Å². The molecule has 2 aromatic rings. The molecule has 1 saturated carbocycles. The monoisotopic (exact) mass is 620 g/mol. The molecule has 244 valence electrons. The maximum atomic E-state index is 13.3. The number of carbonyl (C=O) groups excluding carboxylic acids is 2. The summed E-state index contributed by atoms with van der Waals surface area (Å²) in [6.45, 7) is 10.2. The summed E-state index contributed by atoms with van der Waals surface area (Å²) in [6.07, 6.45) is 9.72. The third-order valence-corrected chi connectivity index (χ3v) is 10.8. The molecule has 3 saturated heterocycles. The molecule has 0 radical (unpaired) electrons. The van der Waals surface area contributed by atoms with Crippen LogP contribution in [0.25, 0.3) is 11.5 Å². The second-order valence-electron chi connectivity index (χ2n) is 15.0. The molecule has 0 aromatic carbocycles. The van der Waals surface area contributed by atoms with E-state index < -0.39 is 11.0 Å². The number of likely N-dealkylation sites (N-methyl/N-ethyl adjacent to an activating group) is 1. The van der Waals surface area contributed by atoms with Crippen molar-refractivity contribution in [2.45, 2.75) is 134 Å². The summed E-state index contributed by atoms with van der Waals surface area (Å²) in [5.74, 6) is 2.76. The zero-order valence-corrected chi connectivity index (χ0v) is 27.5. The van der Waals surface area contributed by atoms with Gasteiger partial charge in [-0.1, -0.05) is 11.6 Å². The van der Waals surface area contributed by atoms with Crippen molar-refractivity contribution in [2.75, 3.05) is 31.6 Å². The molecule has 3 aliphatic heterocycles. The first-order valence-corrected chi connectivity index (χ1v) is 17.1. The maximum absolute atomic E-state index is 13.3. The summed E-state index contributed by atoms with van der Waals surface area (Å²) in [5, 5.41) is 4.56. The molecule has 5 atom stereocenters. The molecule has 7 rings (SSSR count). The zero-order chi connectivity index (χ0) is 31.5. The van der Waals surface area contributed by atoms with E-state index in [4.69, 9.17) is 24.0 Å². The van der Waals surface area contributed by atoms with E-state index in [-0.39, 0.29) is 30.1 Å². The van der Waals surface area contributed by atoms with Crippen molar-refractivity contribution in [3.05, 3.63) is 17.4 Å². The number of carbonyl (C=O) groups is 2. The minimum Gasteiger partial charge on any atom is -0.473 e. The van der Waals surface area contributed by atoms with E-state index in [2.05, 4.69) is 28.9 Å². The second kappa shape index (κ2) is 11.5. The fourth-order valence-corrected chi connectivity index (χ4v) is 8.61. The summed E-state index contributed by atoms with van der Waals surface area (Å²) in [6, 6.07) is 2.35. The van der Waals surface area contributed by atoms with E-state index in [0.717, 1.165) is 87.9 Å². The number of hydrogen-bond donors (Lipinski definition) is 0. The first kappa shape index (κ1) is 30.4. The number of Topliss-reactive ketones (excluding diaryl/α,β-unsaturated/α-hetero) is 1. The van der Waals surface area contributed by atoms with E-state index in [9.17, 15) is 9.59 Å². The standard InChI is InChI=1S/C34H48N6O5/c1-21(25-11-9-17-38(25)5)43-28-18-27(39-19-22-13-14-23(20-39)40(22)32(42)44-33(2,3)4)35-31(36-28)29-24-10-8-16-34(30(24)45-37-29)15-7-6-12-26(34)41/h18,21-23,25H,6-17,19-20H2,1-5H3/t21-,22?,23?,25-,34+/m0/s1. The van der Waals surface area contributed by atoms with Crippen molar-refractivity contribution in [1.29, 1.82) is 0 Å². The Hall–Kier alpha value is -3.21. The van der Waals surface area contributed by atoms with Gasteiger partial charge in [-0.2, -0.15) is 4.98 Å². The third kappa shape index (κ3) is 5.59. The van der Waals surface area contributed by atoms with Crippen LogP contribution in [0, 0.1) is 0 Å². The number of aromatic nitrogens is 3. The molecule has 2 bridgehead atoms. The van der Waals surface area contributed by atoms with Gasteiger partial charge in [0.05, 0.1) is 17.5 Å². The fraction of sp³-hybridized carbons (Fsp3) is 0.735. The van der Waals surface area contributed by atoms with Crippen molar-refractivity contribution in [3.63, 3.8) is 0 Å². The van der Waals surface area contributed by atoms with E-state index in [0.29, 0.717) is 43.0 Å². The Balaban J connectivity index is 1.22. The fourth-order valence-electron chi connectivity index (χ4n) is 8.61. The molecule has 5 heterocycles. The van der Waals surface area contributed by atoms with Crippen molar-refractivity contribution in [1.82, 2.24) is 24.9 Å². The van der Waals surface area contributed by atoms with Gasteiger partial charge < -0.3 is 18.9 Å². The Labute approximate surface area is 266 Å². The number of nitrogens with zero attached hydrogens (tertiary/aromatic N) is 6. The summed E-state index contributed by atoms with van der Waals surface area (Å²) in [4.78, 5) is 43.0. The van der Waals surface area contributed by atoms with Crippen LogP contribution in [-0.4, -0.2) is 93.3 Å². The summed E-state index contributed by atoms with van der Waals surface area (Å²) in [5.41, 5.74) is 0.490. The highest BCUT2D eigenvalue weighted by Gasteiger charge is 2.49. The number of anilines is 1. The van der Waals surface area contributed by atoms with E-state index in [1.807, 2.05) is 31.7 Å². The number of likely N-dealkylation sites (tertiary alicyclic amines) is 1. The van der Waals surface area contributed by atoms with Gasteiger partial charge >= 0.3 is 6.09 Å². The van der Waals surface area contributed by atoms with Crippen LogP contribution in [0.5, 0.6) is 5.88 Å². The Kier molecular flexibility index (Phi) is 7.81. The van der Waals surface area contributed by atoms with Crippen LogP contribution < -0.4 is 9.64 Å². The molecule has 11 nitrogen and oxygen atoms in total. The Morgan fingerprint density at radius 2 is 1.80 bits per heavy atom. The number of rotatable bonds is 5. The molecule has 5 aliphatic rings. The minimum atomic E-state index is -0.563. The lowest BCUT2D eigenvalue weighted by molar-refractivity contribution is -0.128. The number of ether oxygens (including phenoxy) is 2. The predicted octanol–water partition coefficient (Wildman–Crippen LogP) is 5.30. The molecule has 2 aromatic heterocycles. The first-order chi connectivity index (χ1) is 21.5. The third-order valence-electron chi connectivity index (χ3n) is 10.8. The van der Waals surface area contributed by atoms with Crippen molar-refractivity contribution < 1.29 is 23.6 Å². The molecule has 0 N–H and O–H groups in total. The molecule has 2 aliphatic carbocycles. The lowest BCUT2D eigenvalue weighted by Gasteiger charge is -2.41. The number of piperazine rings is 1. The van der Waals surface area contributed by atoms with Crippen molar-refractivity contribution in [2.24, 2.45) is 0 Å². The molecule has 2 unspecified atom stereocenters. The zero-order valence-electron chi connectivity index (χ0n) is 27.5. The van der Waals surface area contributed by atoms with Gasteiger partial charge in [0.2, 0.25) is 5.88 Å². The van der Waals surface area contributed by atoms with E-state index in [1.165, 1.54) is 0 Å². The first-order valence-electron chi connectivity index (χ1n) is 17.1. The summed E-state index contributed by atoms with van der Waals surface area (Å²) in [7, 11) is 2.15. The van der Waals surface area contributed by atoms with Crippen molar-refractivity contribution >= 4 is 17.7 Å². The highest BCUT2D eigenvalue weighted by molar-refractivity contribution is 5.91. The van der Waals surface area contributed by atoms with Crippen LogP contribution in [0.4, 0.5) is 10.6 Å². The molecule has 1 spiro atoms. The molecule has 4 fully saturated rings. The van der Waals surface area contributed by atoms with Gasteiger partial charge in [0.25, 0.3) is 0 Å². The Morgan fingerprint density at radius 1 is 1.04 bits per heavy atom. The average Bonchev–Trinajstić information content (AvgIpc) is 3.69. The van der Waals surface area contributed by atoms with Crippen LogP contribution in [-0.2, 0) is 21.4 Å². The van der Waals surface area contributed by atoms with Crippen LogP contribution in [0.15, 0.2) is 10.6 Å². The molecule has 1 amide bonds. The van der Waals surface area contributed by atoms with E-state index in [1.54, 1.807) is 0 Å². The molecule has 11 heteroatoms. The molecular weight excluding hydrogens is 572 g/mol. The summed E-state index contributed by atoms with van der Waals surface area (Å²) < 4.78 is 18.4. The number of ketones is 1. The normalized spacial score (nSPS) is 29.3. The quantitative estimate of drug-likeness (QED) is 0.436. The van der Waals surface area contributed by atoms with Gasteiger partial charge in [0, 0.05) is 37.2 Å². The van der Waals surface area contributed by atoms with Crippen LogP contribution in [0.3, 0.4) is 0 Å². The number of fused-ring (bicyclic) bond motifs is 4. The average molecular weight is 621 g/mol. The van der Waals surface area contributed by atoms with Gasteiger partial charge in [-0.05, 0) is 99.1 Å². The van der Waals surface area contributed by atoms with Gasteiger partial charge in [-0.3, -0.25) is 14.6 Å². The molecule has 45 heavy (non-hydrogen) atoms. The van der Waals surface area contributed by atoms with Gasteiger partial charge in [0.1, 0.15) is 23.3 Å². The van der Waals surface area contributed by atoms with E-state index >= 15 is 0 Å².